The van der Waals surface area contributed by atoms with Crippen LogP contribution in [0.3, 0.4) is 0 Å². The van der Waals surface area contributed by atoms with Crippen LogP contribution in [0.4, 0.5) is 13.6 Å². The average molecular weight is 446 g/mol. The second-order valence-electron chi connectivity index (χ2n) is 6.79. The van der Waals surface area contributed by atoms with Gasteiger partial charge in [-0.25, -0.2) is 9.78 Å². The van der Waals surface area contributed by atoms with E-state index in [1.165, 1.54) is 20.3 Å². The van der Waals surface area contributed by atoms with Crippen LogP contribution in [0.25, 0.3) is 0 Å². The Morgan fingerprint density at radius 1 is 1.12 bits per heavy atom. The molecule has 0 aliphatic rings. The van der Waals surface area contributed by atoms with Crippen molar-refractivity contribution in [3.05, 3.63) is 71.8 Å². The Labute approximate surface area is 184 Å². The fourth-order valence-electron chi connectivity index (χ4n) is 3.17. The number of benzene rings is 2. The number of nitrogens with one attached hydrogen (secondary N) is 2. The molecule has 0 fully saturated rings. The minimum Gasteiger partial charge on any atom is -0.497 e. The van der Waals surface area contributed by atoms with Crippen molar-refractivity contribution in [1.29, 1.82) is 0 Å². The van der Waals surface area contributed by atoms with Crippen molar-refractivity contribution in [1.82, 2.24) is 20.2 Å². The van der Waals surface area contributed by atoms with Gasteiger partial charge in [0.05, 0.1) is 14.2 Å². The number of aryl methyl sites for hydroxylation is 1. The summed E-state index contributed by atoms with van der Waals surface area (Å²) < 4.78 is 42.2. The molecule has 1 unspecified atom stereocenters. The summed E-state index contributed by atoms with van der Waals surface area (Å²) in [6, 6.07) is 10.4. The molecule has 1 heterocycles. The van der Waals surface area contributed by atoms with Crippen molar-refractivity contribution in [3.8, 4) is 17.2 Å². The first-order chi connectivity index (χ1) is 15.4. The molecule has 1 atom stereocenters. The maximum atomic E-state index is 12.7. The lowest BCUT2D eigenvalue weighted by molar-refractivity contribution is -0.0504. The maximum absolute atomic E-state index is 12.7. The number of carbonyl (C=O) groups excluding carboxylic acids is 1. The predicted molar refractivity (Wildman–Crippen MR) is 113 cm³/mol. The van der Waals surface area contributed by atoms with Gasteiger partial charge in [0.25, 0.3) is 0 Å². The lowest BCUT2D eigenvalue weighted by Crippen LogP contribution is -2.39. The summed E-state index contributed by atoms with van der Waals surface area (Å²) in [6.45, 7) is -2.97. The van der Waals surface area contributed by atoms with Gasteiger partial charge in [-0.2, -0.15) is 8.78 Å². The first-order valence-corrected chi connectivity index (χ1v) is 9.68. The topological polar surface area (TPSA) is 86.6 Å². The monoisotopic (exact) mass is 446 g/mol. The highest BCUT2D eigenvalue weighted by Gasteiger charge is 2.22. The van der Waals surface area contributed by atoms with E-state index < -0.39 is 18.7 Å². The zero-order chi connectivity index (χ0) is 23.1. The van der Waals surface area contributed by atoms with Crippen LogP contribution < -0.4 is 24.8 Å². The first-order valence-electron chi connectivity index (χ1n) is 9.68. The predicted octanol–water partition coefficient (Wildman–Crippen LogP) is 3.63. The summed E-state index contributed by atoms with van der Waals surface area (Å²) in [5, 5.41) is 5.55. The van der Waals surface area contributed by atoms with Gasteiger partial charge in [-0.3, -0.25) is 0 Å². The summed E-state index contributed by atoms with van der Waals surface area (Å²) in [7, 11) is 4.88. The number of aromatic nitrogens is 2. The molecule has 0 aliphatic carbocycles. The van der Waals surface area contributed by atoms with E-state index in [9.17, 15) is 13.6 Å². The summed E-state index contributed by atoms with van der Waals surface area (Å²) in [4.78, 5) is 17.1. The van der Waals surface area contributed by atoms with Gasteiger partial charge in [0.15, 0.2) is 0 Å². The van der Waals surface area contributed by atoms with Crippen LogP contribution >= 0.6 is 0 Å². The van der Waals surface area contributed by atoms with Gasteiger partial charge >= 0.3 is 12.6 Å². The first kappa shape index (κ1) is 22.9. The van der Waals surface area contributed by atoms with Crippen LogP contribution in [-0.2, 0) is 13.6 Å². The molecule has 0 radical (unpaired) electrons. The molecule has 0 aliphatic heterocycles. The molecule has 3 aromatic rings. The Hall–Kier alpha value is -3.82. The largest absolute Gasteiger partial charge is 0.497 e. The van der Waals surface area contributed by atoms with Crippen LogP contribution in [0.5, 0.6) is 17.2 Å². The van der Waals surface area contributed by atoms with Crippen molar-refractivity contribution in [3.63, 3.8) is 0 Å². The molecule has 0 bridgehead atoms. The molecule has 2 N–H and O–H groups in total. The zero-order valence-electron chi connectivity index (χ0n) is 17.8. The Kier molecular flexibility index (Phi) is 7.48. The van der Waals surface area contributed by atoms with E-state index in [0.29, 0.717) is 28.5 Å². The SMILES string of the molecule is COc1cc(OC)cc(C(NC(=O)NCc2ccccc2OC(F)F)c2nccn2C)c1. The minimum absolute atomic E-state index is 0.000911. The summed E-state index contributed by atoms with van der Waals surface area (Å²) in [5.41, 5.74) is 1.10. The van der Waals surface area contributed by atoms with E-state index in [4.69, 9.17) is 9.47 Å². The Balaban J connectivity index is 1.81. The highest BCUT2D eigenvalue weighted by molar-refractivity contribution is 5.75. The van der Waals surface area contributed by atoms with E-state index in [2.05, 4.69) is 20.4 Å². The number of halogens is 2. The second kappa shape index (κ2) is 10.5. The van der Waals surface area contributed by atoms with Crippen LogP contribution in [0.15, 0.2) is 54.9 Å². The van der Waals surface area contributed by atoms with Crippen LogP contribution in [0, 0.1) is 0 Å². The van der Waals surface area contributed by atoms with Crippen molar-refractivity contribution in [2.24, 2.45) is 7.05 Å². The third kappa shape index (κ3) is 5.65. The quantitative estimate of drug-likeness (QED) is 0.524. The number of hydrogen-bond donors (Lipinski definition) is 2. The van der Waals surface area contributed by atoms with Crippen molar-refractivity contribution < 1.29 is 27.8 Å². The minimum atomic E-state index is -2.96. The Morgan fingerprint density at radius 2 is 1.81 bits per heavy atom. The van der Waals surface area contributed by atoms with Crippen LogP contribution in [-0.4, -0.2) is 36.4 Å². The van der Waals surface area contributed by atoms with Gasteiger partial charge in [0.1, 0.15) is 29.1 Å². The standard InChI is InChI=1S/C22H24F2N4O4/c1-28-9-8-25-20(28)19(15-10-16(30-2)12-17(11-15)31-3)27-22(29)26-13-14-6-4-5-7-18(14)32-21(23)24/h4-12,19,21H,13H2,1-3H3,(H2,26,27,29). The molecule has 32 heavy (non-hydrogen) atoms. The number of methoxy groups -OCH3 is 2. The number of nitrogens with zero attached hydrogens (tertiary/aromatic N) is 2. The van der Waals surface area contributed by atoms with Gasteiger partial charge in [-0.15, -0.1) is 0 Å². The number of carbonyl (C=O) groups is 1. The Bertz CT molecular complexity index is 1040. The smallest absolute Gasteiger partial charge is 0.387 e. The summed E-state index contributed by atoms with van der Waals surface area (Å²) in [6.07, 6.45) is 3.38. The molecule has 3 rings (SSSR count). The number of para-hydroxylation sites is 1. The van der Waals surface area contributed by atoms with Crippen molar-refractivity contribution >= 4 is 6.03 Å². The van der Waals surface area contributed by atoms with E-state index >= 15 is 0 Å². The van der Waals surface area contributed by atoms with E-state index in [0.717, 1.165) is 0 Å². The fourth-order valence-corrected chi connectivity index (χ4v) is 3.17. The molecule has 0 saturated heterocycles. The summed E-state index contributed by atoms with van der Waals surface area (Å²) >= 11 is 0. The Morgan fingerprint density at radius 3 is 2.41 bits per heavy atom. The lowest BCUT2D eigenvalue weighted by atomic mass is 10.1. The van der Waals surface area contributed by atoms with Gasteiger partial charge in [-0.05, 0) is 23.8 Å². The second-order valence-corrected chi connectivity index (χ2v) is 6.79. The normalized spacial score (nSPS) is 11.7. The average Bonchev–Trinajstić information content (AvgIpc) is 3.21. The molecular weight excluding hydrogens is 422 g/mol. The third-order valence-electron chi connectivity index (χ3n) is 4.73. The number of urea groups is 1. The number of hydrogen-bond acceptors (Lipinski definition) is 5. The maximum Gasteiger partial charge on any atom is 0.387 e. The number of alkyl halides is 2. The molecule has 2 aromatic carbocycles. The highest BCUT2D eigenvalue weighted by atomic mass is 19.3. The number of rotatable bonds is 9. The molecule has 8 nitrogen and oxygen atoms in total. The van der Waals surface area contributed by atoms with Crippen LogP contribution in [0.2, 0.25) is 0 Å². The van der Waals surface area contributed by atoms with Gasteiger partial charge in [0.2, 0.25) is 0 Å². The van der Waals surface area contributed by atoms with Gasteiger partial charge in [-0.1, -0.05) is 18.2 Å². The highest BCUT2D eigenvalue weighted by Crippen LogP contribution is 2.29. The van der Waals surface area contributed by atoms with Crippen molar-refractivity contribution in [2.45, 2.75) is 19.2 Å². The molecule has 0 spiro atoms. The number of amides is 2. The molecular formula is C22H24F2N4O4. The van der Waals surface area contributed by atoms with Gasteiger partial charge in [0, 0.05) is 37.6 Å². The summed E-state index contributed by atoms with van der Waals surface area (Å²) in [5.74, 6) is 1.69. The molecule has 1 aromatic heterocycles. The number of ether oxygens (including phenoxy) is 3. The molecule has 0 saturated carbocycles. The number of imidazole rings is 1. The van der Waals surface area contributed by atoms with Gasteiger partial charge < -0.3 is 29.4 Å². The van der Waals surface area contributed by atoms with E-state index in [-0.39, 0.29) is 12.3 Å². The van der Waals surface area contributed by atoms with E-state index in [1.54, 1.807) is 53.4 Å². The third-order valence-corrected chi connectivity index (χ3v) is 4.73. The van der Waals surface area contributed by atoms with Crippen LogP contribution in [0.1, 0.15) is 23.0 Å². The molecule has 2 amide bonds. The fraction of sp³-hybridized carbons (Fsp3) is 0.273. The zero-order valence-corrected chi connectivity index (χ0v) is 17.8. The van der Waals surface area contributed by atoms with E-state index in [1.807, 2.05) is 7.05 Å². The van der Waals surface area contributed by atoms with Crippen molar-refractivity contribution in [2.75, 3.05) is 14.2 Å². The molecule has 170 valence electrons. The molecule has 10 heteroatoms. The lowest BCUT2D eigenvalue weighted by Gasteiger charge is -2.21.